The van der Waals surface area contributed by atoms with Gasteiger partial charge in [0.15, 0.2) is 0 Å². The fourth-order valence-corrected chi connectivity index (χ4v) is 0.939. The molecule has 0 fully saturated rings. The summed E-state index contributed by atoms with van der Waals surface area (Å²) in [5.74, 6) is 0. The Bertz CT molecular complexity index is 380. The summed E-state index contributed by atoms with van der Waals surface area (Å²) in [5.41, 5.74) is 0.269. The topological polar surface area (TPSA) is 83.3 Å². The number of hydrogen-bond acceptors (Lipinski definition) is 4. The van der Waals surface area contributed by atoms with Crippen LogP contribution in [-0.4, -0.2) is 11.2 Å². The summed E-state index contributed by atoms with van der Waals surface area (Å²) in [6.45, 7) is 0. The van der Waals surface area contributed by atoms with Gasteiger partial charge >= 0.3 is 0 Å². The van der Waals surface area contributed by atoms with Gasteiger partial charge in [0, 0.05) is 17.7 Å². The molecule has 0 spiro atoms. The van der Waals surface area contributed by atoms with Gasteiger partial charge in [0.05, 0.1) is 4.92 Å². The Balaban J connectivity index is 3.05. The van der Waals surface area contributed by atoms with Crippen molar-refractivity contribution in [2.24, 2.45) is 0 Å². The van der Waals surface area contributed by atoms with Crippen molar-refractivity contribution < 1.29 is 14.8 Å². The smallest absolute Gasteiger partial charge is 0.269 e. The molecule has 0 heterocycles. The number of nitro groups is 1. The van der Waals surface area contributed by atoms with Crippen LogP contribution >= 0.6 is 0 Å². The van der Waals surface area contributed by atoms with E-state index in [4.69, 9.17) is 0 Å². The highest BCUT2D eigenvalue weighted by Gasteiger charge is 2.04. The number of carbonyl (C=O) groups excluding carboxylic acids is 1. The lowest BCUT2D eigenvalue weighted by Gasteiger charge is -2.01. The number of nitro benzene ring substituents is 1. The molecule has 5 heteroatoms. The normalized spacial score (nSPS) is 11.0. The molecule has 0 bridgehead atoms. The molecule has 0 saturated heterocycles. The van der Waals surface area contributed by atoms with Crippen LogP contribution in [0, 0.1) is 10.1 Å². The van der Waals surface area contributed by atoms with Crippen LogP contribution in [0.15, 0.2) is 30.5 Å². The number of non-ortho nitro benzene ring substituents is 1. The van der Waals surface area contributed by atoms with Gasteiger partial charge in [-0.2, -0.15) is 0 Å². The van der Waals surface area contributed by atoms with E-state index in [1.807, 2.05) is 0 Å². The Morgan fingerprint density at radius 1 is 1.29 bits per heavy atom. The van der Waals surface area contributed by atoms with Crippen LogP contribution in [-0.2, 0) is 4.79 Å². The molecule has 0 amide bonds. The first-order chi connectivity index (χ1) is 6.69. The number of allylic oxidation sites excluding steroid dienone is 1. The van der Waals surface area contributed by atoms with Crippen LogP contribution in [0.25, 0.3) is 5.57 Å². The lowest BCUT2D eigenvalue weighted by Crippen LogP contribution is -1.95. The van der Waals surface area contributed by atoms with Gasteiger partial charge in [-0.15, -0.1) is 6.26 Å². The first-order valence-electron chi connectivity index (χ1n) is 3.71. The van der Waals surface area contributed by atoms with Gasteiger partial charge < -0.3 is 5.11 Å². The molecule has 5 nitrogen and oxygen atoms in total. The summed E-state index contributed by atoms with van der Waals surface area (Å²) in [7, 11) is 0. The second-order valence-corrected chi connectivity index (χ2v) is 2.50. The quantitative estimate of drug-likeness (QED) is 0.229. The number of nitrogens with zero attached hydrogens (tertiary/aromatic N) is 1. The van der Waals surface area contributed by atoms with Crippen molar-refractivity contribution in [2.45, 2.75) is 0 Å². The van der Waals surface area contributed by atoms with E-state index in [1.54, 1.807) is 0 Å². The molecular formula is C9H6NO4-. The van der Waals surface area contributed by atoms with Crippen LogP contribution in [0.3, 0.4) is 0 Å². The molecule has 0 aliphatic heterocycles. The summed E-state index contributed by atoms with van der Waals surface area (Å²) in [4.78, 5) is 20.1. The molecule has 72 valence electrons. The number of hydrogen-bond donors (Lipinski definition) is 0. The fraction of sp³-hybridized carbons (Fsp3) is 0. The monoisotopic (exact) mass is 192 g/mol. The summed E-state index contributed by atoms with van der Waals surface area (Å²) in [6.07, 6.45) is 0.822. The third-order valence-electron chi connectivity index (χ3n) is 1.67. The average molecular weight is 192 g/mol. The number of benzene rings is 1. The lowest BCUT2D eigenvalue weighted by atomic mass is 10.1. The van der Waals surface area contributed by atoms with Crippen molar-refractivity contribution >= 4 is 17.5 Å². The minimum absolute atomic E-state index is 0.0279. The minimum Gasteiger partial charge on any atom is -0.877 e. The predicted octanol–water partition coefficient (Wildman–Crippen LogP) is 0.495. The number of carbonyl (C=O) groups is 1. The fourth-order valence-electron chi connectivity index (χ4n) is 0.939. The summed E-state index contributed by atoms with van der Waals surface area (Å²) >= 11 is 0. The van der Waals surface area contributed by atoms with Crippen LogP contribution in [0.5, 0.6) is 0 Å². The summed E-state index contributed by atoms with van der Waals surface area (Å²) in [6, 6.07) is 5.19. The van der Waals surface area contributed by atoms with Gasteiger partial charge in [0.2, 0.25) is 0 Å². The maximum Gasteiger partial charge on any atom is 0.269 e. The van der Waals surface area contributed by atoms with Crippen molar-refractivity contribution in [3.05, 3.63) is 46.2 Å². The zero-order valence-electron chi connectivity index (χ0n) is 7.04. The molecule has 1 aromatic rings. The van der Waals surface area contributed by atoms with Gasteiger partial charge in [0.1, 0.15) is 6.29 Å². The molecule has 0 radical (unpaired) electrons. The Hall–Kier alpha value is -2.17. The first-order valence-corrected chi connectivity index (χ1v) is 3.71. The SMILES string of the molecule is O=C/C(=C\[O-])c1ccc([N+](=O)[O-])cc1. The van der Waals surface area contributed by atoms with Crippen LogP contribution in [0.2, 0.25) is 0 Å². The first kappa shape index (κ1) is 9.91. The predicted molar refractivity (Wildman–Crippen MR) is 47.1 cm³/mol. The van der Waals surface area contributed by atoms with E-state index >= 15 is 0 Å². The van der Waals surface area contributed by atoms with E-state index in [-0.39, 0.29) is 11.3 Å². The molecule has 14 heavy (non-hydrogen) atoms. The van der Waals surface area contributed by atoms with Gasteiger partial charge in [-0.25, -0.2) is 0 Å². The van der Waals surface area contributed by atoms with E-state index in [9.17, 15) is 20.0 Å². The molecule has 0 aromatic heterocycles. The Morgan fingerprint density at radius 3 is 2.21 bits per heavy atom. The standard InChI is InChI=1S/C9H7NO4/c11-5-8(6-12)7-1-3-9(4-2-7)10(13)14/h1-6,11H/p-1/b8-5+. The van der Waals surface area contributed by atoms with E-state index < -0.39 is 4.92 Å². The maximum absolute atomic E-state index is 10.4. The Labute approximate surface area is 79.4 Å². The van der Waals surface area contributed by atoms with Gasteiger partial charge in [0.25, 0.3) is 5.69 Å². The molecule has 0 aliphatic carbocycles. The molecule has 1 aromatic carbocycles. The largest absolute Gasteiger partial charge is 0.877 e. The van der Waals surface area contributed by atoms with Gasteiger partial charge in [-0.05, 0) is 17.7 Å². The molecule has 0 unspecified atom stereocenters. The summed E-state index contributed by atoms with van der Waals surface area (Å²) in [5, 5.41) is 20.6. The van der Waals surface area contributed by atoms with E-state index in [0.29, 0.717) is 18.1 Å². The zero-order chi connectivity index (χ0) is 10.6. The minimum atomic E-state index is -0.550. The Kier molecular flexibility index (Phi) is 2.96. The average Bonchev–Trinajstić information content (AvgIpc) is 2.20. The number of rotatable bonds is 3. The Morgan fingerprint density at radius 2 is 1.86 bits per heavy atom. The third kappa shape index (κ3) is 1.95. The number of aldehydes is 1. The van der Waals surface area contributed by atoms with E-state index in [1.165, 1.54) is 24.3 Å². The lowest BCUT2D eigenvalue weighted by molar-refractivity contribution is -0.384. The molecule has 1 rings (SSSR count). The highest BCUT2D eigenvalue weighted by Crippen LogP contribution is 2.16. The molecule has 0 atom stereocenters. The van der Waals surface area contributed by atoms with Gasteiger partial charge in [-0.1, -0.05) is 0 Å². The highest BCUT2D eigenvalue weighted by molar-refractivity contribution is 6.06. The van der Waals surface area contributed by atoms with Crippen molar-refractivity contribution in [2.75, 3.05) is 0 Å². The summed E-state index contributed by atoms with van der Waals surface area (Å²) < 4.78 is 0. The second-order valence-electron chi connectivity index (χ2n) is 2.50. The van der Waals surface area contributed by atoms with Crippen molar-refractivity contribution in [1.82, 2.24) is 0 Å². The van der Waals surface area contributed by atoms with Crippen LogP contribution in [0.1, 0.15) is 5.56 Å². The van der Waals surface area contributed by atoms with Crippen molar-refractivity contribution in [3.63, 3.8) is 0 Å². The van der Waals surface area contributed by atoms with Crippen molar-refractivity contribution in [1.29, 1.82) is 0 Å². The highest BCUT2D eigenvalue weighted by atomic mass is 16.6. The van der Waals surface area contributed by atoms with E-state index in [0.717, 1.165) is 0 Å². The molecule has 0 N–H and O–H groups in total. The maximum atomic E-state index is 10.4. The van der Waals surface area contributed by atoms with Crippen LogP contribution in [0.4, 0.5) is 5.69 Å². The molecule has 0 saturated carbocycles. The van der Waals surface area contributed by atoms with Crippen LogP contribution < -0.4 is 5.11 Å². The van der Waals surface area contributed by atoms with Crippen molar-refractivity contribution in [3.8, 4) is 0 Å². The molecule has 0 aliphatic rings. The second kappa shape index (κ2) is 4.18. The van der Waals surface area contributed by atoms with E-state index in [2.05, 4.69) is 0 Å². The third-order valence-corrected chi connectivity index (χ3v) is 1.67. The van der Waals surface area contributed by atoms with Gasteiger partial charge in [-0.3, -0.25) is 14.9 Å². The zero-order valence-corrected chi connectivity index (χ0v) is 7.04. The molecular weight excluding hydrogens is 186 g/mol.